The van der Waals surface area contributed by atoms with Crippen LogP contribution in [0.25, 0.3) is 11.3 Å². The van der Waals surface area contributed by atoms with E-state index < -0.39 is 0 Å². The molecule has 25 heavy (non-hydrogen) atoms. The molecule has 0 aliphatic heterocycles. The number of nitrogen functional groups attached to an aromatic ring is 1. The third kappa shape index (κ3) is 4.30. The molecule has 7 heteroatoms. The Morgan fingerprint density at radius 2 is 1.80 bits per heavy atom. The summed E-state index contributed by atoms with van der Waals surface area (Å²) < 4.78 is 0. The summed E-state index contributed by atoms with van der Waals surface area (Å²) in [5, 5.41) is 11.0. The molecule has 7 nitrogen and oxygen atoms in total. The maximum absolute atomic E-state index is 12.2. The Kier molecular flexibility index (Phi) is 5.65. The van der Waals surface area contributed by atoms with Crippen LogP contribution in [0.4, 0.5) is 5.69 Å². The second kappa shape index (κ2) is 7.89. The number of anilines is 1. The van der Waals surface area contributed by atoms with Crippen LogP contribution in [0.3, 0.4) is 0 Å². The van der Waals surface area contributed by atoms with E-state index in [2.05, 4.69) is 20.7 Å². The first-order valence-electron chi connectivity index (χ1n) is 7.45. The van der Waals surface area contributed by atoms with Crippen molar-refractivity contribution in [1.82, 2.24) is 15.6 Å². The van der Waals surface area contributed by atoms with Crippen molar-refractivity contribution in [3.63, 3.8) is 0 Å². The van der Waals surface area contributed by atoms with Gasteiger partial charge in [-0.15, -0.1) is 0 Å². The van der Waals surface area contributed by atoms with Crippen molar-refractivity contribution in [2.45, 2.75) is 6.92 Å². The third-order valence-electron chi connectivity index (χ3n) is 3.55. The quantitative estimate of drug-likeness (QED) is 0.382. The first-order chi connectivity index (χ1) is 11.6. The van der Waals surface area contributed by atoms with Gasteiger partial charge in [0, 0.05) is 11.3 Å². The zero-order chi connectivity index (χ0) is 16.9. The Labute approximate surface area is 144 Å². The lowest BCUT2D eigenvalue weighted by Crippen LogP contribution is -2.19. The number of aromatic nitrogens is 2. The molecular formula is C18H19N5O2. The molecule has 0 aliphatic carbocycles. The molecule has 3 aromatic rings. The second-order valence-corrected chi connectivity index (χ2v) is 5.29. The second-order valence-electron chi connectivity index (χ2n) is 5.29. The lowest BCUT2D eigenvalue weighted by Gasteiger charge is -2.02. The molecule has 1 aromatic heterocycles. The van der Waals surface area contributed by atoms with E-state index in [4.69, 9.17) is 5.73 Å². The molecule has 0 bridgehead atoms. The summed E-state index contributed by atoms with van der Waals surface area (Å²) >= 11 is 0. The number of nitrogens with zero attached hydrogens (tertiary/aromatic N) is 2. The monoisotopic (exact) mass is 337 g/mol. The van der Waals surface area contributed by atoms with Crippen LogP contribution in [0.2, 0.25) is 0 Å². The molecular weight excluding hydrogens is 318 g/mol. The molecule has 2 aromatic carbocycles. The summed E-state index contributed by atoms with van der Waals surface area (Å²) in [7, 11) is 0. The normalized spacial score (nSPS) is 10.8. The summed E-state index contributed by atoms with van der Waals surface area (Å²) in [4.78, 5) is 12.2. The lowest BCUT2D eigenvalue weighted by molar-refractivity contribution is 0.0950. The summed E-state index contributed by atoms with van der Waals surface area (Å²) in [5.74, 6) is -0.348. The number of carbonyl (C=O) groups excluding carboxylic acids is 1. The number of H-pyrrole nitrogens is 1. The molecule has 0 saturated carbocycles. The van der Waals surface area contributed by atoms with Gasteiger partial charge in [0.05, 0.1) is 11.4 Å². The summed E-state index contributed by atoms with van der Waals surface area (Å²) in [6.45, 7) is 1.81. The van der Waals surface area contributed by atoms with Crippen LogP contribution >= 0.6 is 0 Å². The van der Waals surface area contributed by atoms with Crippen molar-refractivity contribution in [3.8, 4) is 11.3 Å². The smallest absolute Gasteiger partial charge is 0.289 e. The Bertz CT molecular complexity index is 870. The van der Waals surface area contributed by atoms with Gasteiger partial charge in [-0.3, -0.25) is 9.89 Å². The molecule has 1 heterocycles. The highest BCUT2D eigenvalue weighted by Crippen LogP contribution is 2.16. The van der Waals surface area contributed by atoms with Gasteiger partial charge in [-0.25, -0.2) is 5.43 Å². The molecule has 1 amide bonds. The number of hydrazone groups is 1. The van der Waals surface area contributed by atoms with Crippen molar-refractivity contribution >= 4 is 17.3 Å². The fraction of sp³-hybridized carbons (Fsp3) is 0.0556. The van der Waals surface area contributed by atoms with Gasteiger partial charge in [-0.1, -0.05) is 42.5 Å². The molecule has 0 radical (unpaired) electrons. The van der Waals surface area contributed by atoms with E-state index in [1.807, 2.05) is 49.4 Å². The van der Waals surface area contributed by atoms with Gasteiger partial charge in [0.2, 0.25) is 0 Å². The first kappa shape index (κ1) is 17.9. The number of rotatable bonds is 4. The number of nitrogens with two attached hydrogens (primary N) is 1. The topological polar surface area (TPSA) is 128 Å². The van der Waals surface area contributed by atoms with Crippen LogP contribution < -0.4 is 11.2 Å². The number of nitrogens with one attached hydrogen (secondary N) is 2. The van der Waals surface area contributed by atoms with Crippen molar-refractivity contribution in [1.29, 1.82) is 0 Å². The van der Waals surface area contributed by atoms with Gasteiger partial charge in [0.1, 0.15) is 5.69 Å². The van der Waals surface area contributed by atoms with E-state index in [0.717, 1.165) is 11.1 Å². The van der Waals surface area contributed by atoms with Gasteiger partial charge in [-0.05, 0) is 30.7 Å². The molecule has 0 aliphatic rings. The average molecular weight is 337 g/mol. The highest BCUT2D eigenvalue weighted by Gasteiger charge is 2.10. The van der Waals surface area contributed by atoms with E-state index in [1.165, 1.54) is 0 Å². The number of benzene rings is 2. The minimum atomic E-state index is -0.348. The van der Waals surface area contributed by atoms with Crippen molar-refractivity contribution in [2.24, 2.45) is 5.10 Å². The van der Waals surface area contributed by atoms with Crippen LogP contribution in [-0.4, -0.2) is 27.3 Å². The minimum absolute atomic E-state index is 0. The fourth-order valence-corrected chi connectivity index (χ4v) is 2.18. The first-order valence-corrected chi connectivity index (χ1v) is 7.45. The van der Waals surface area contributed by atoms with Gasteiger partial charge >= 0.3 is 0 Å². The van der Waals surface area contributed by atoms with E-state index >= 15 is 0 Å². The Morgan fingerprint density at radius 3 is 2.48 bits per heavy atom. The molecule has 128 valence electrons. The summed E-state index contributed by atoms with van der Waals surface area (Å²) in [6.07, 6.45) is 0. The van der Waals surface area contributed by atoms with Crippen LogP contribution in [0.5, 0.6) is 0 Å². The maximum Gasteiger partial charge on any atom is 0.289 e. The number of hydrogen-bond acceptors (Lipinski definition) is 4. The third-order valence-corrected chi connectivity index (χ3v) is 3.55. The van der Waals surface area contributed by atoms with Crippen LogP contribution in [-0.2, 0) is 0 Å². The summed E-state index contributed by atoms with van der Waals surface area (Å²) in [6, 6.07) is 18.6. The Morgan fingerprint density at radius 1 is 1.12 bits per heavy atom. The van der Waals surface area contributed by atoms with Crippen molar-refractivity contribution < 1.29 is 10.3 Å². The standard InChI is InChI=1S/C18H17N5O.H2O/c1-12(13-7-9-15(19)10-8-13)20-23-18(24)17-11-16(21-22-17)14-5-3-2-4-6-14;/h2-11H,19H2,1H3,(H,21,22)(H,23,24);1H2/b20-12+;. The fourth-order valence-electron chi connectivity index (χ4n) is 2.18. The van der Waals surface area contributed by atoms with Gasteiger partial charge in [0.25, 0.3) is 5.91 Å². The minimum Gasteiger partial charge on any atom is -0.412 e. The van der Waals surface area contributed by atoms with Crippen LogP contribution in [0, 0.1) is 0 Å². The zero-order valence-corrected chi connectivity index (χ0v) is 13.7. The largest absolute Gasteiger partial charge is 0.412 e. The van der Waals surface area contributed by atoms with Gasteiger partial charge in [0.15, 0.2) is 0 Å². The van der Waals surface area contributed by atoms with E-state index in [1.54, 1.807) is 18.2 Å². The van der Waals surface area contributed by atoms with Crippen LogP contribution in [0.1, 0.15) is 23.0 Å². The Hall–Kier alpha value is -3.45. The van der Waals surface area contributed by atoms with Gasteiger partial charge in [-0.2, -0.15) is 10.2 Å². The predicted molar refractivity (Wildman–Crippen MR) is 98.2 cm³/mol. The summed E-state index contributed by atoms with van der Waals surface area (Å²) in [5.41, 5.74) is 12.4. The highest BCUT2D eigenvalue weighted by molar-refractivity contribution is 6.00. The van der Waals surface area contributed by atoms with E-state index in [0.29, 0.717) is 22.8 Å². The number of carbonyl (C=O) groups is 1. The SMILES string of the molecule is C/C(=N\NC(=O)c1cc(-c2ccccc2)n[nH]1)c1ccc(N)cc1.O. The molecule has 0 atom stereocenters. The van der Waals surface area contributed by atoms with Gasteiger partial charge < -0.3 is 11.2 Å². The molecule has 0 saturated heterocycles. The predicted octanol–water partition coefficient (Wildman–Crippen LogP) is 1.99. The molecule has 3 rings (SSSR count). The molecule has 6 N–H and O–H groups in total. The number of hydrogen-bond donors (Lipinski definition) is 3. The van der Waals surface area contributed by atoms with E-state index in [-0.39, 0.29) is 11.4 Å². The van der Waals surface area contributed by atoms with Crippen molar-refractivity contribution in [3.05, 3.63) is 71.9 Å². The lowest BCUT2D eigenvalue weighted by atomic mass is 10.1. The zero-order valence-electron chi connectivity index (χ0n) is 13.7. The Balaban J connectivity index is 0.00000225. The highest BCUT2D eigenvalue weighted by atomic mass is 16.2. The van der Waals surface area contributed by atoms with E-state index in [9.17, 15) is 4.79 Å². The molecule has 0 fully saturated rings. The molecule has 0 spiro atoms. The molecule has 0 unspecified atom stereocenters. The number of amides is 1. The average Bonchev–Trinajstić information content (AvgIpc) is 3.11. The van der Waals surface area contributed by atoms with Crippen LogP contribution in [0.15, 0.2) is 65.8 Å². The van der Waals surface area contributed by atoms with Crippen molar-refractivity contribution in [2.75, 3.05) is 5.73 Å². The maximum atomic E-state index is 12.2. The number of aromatic amines is 1.